The molecule has 0 aromatic rings. The largest absolute Gasteiger partial charge is 0.481 e. The molecule has 1 saturated carbocycles. The van der Waals surface area contributed by atoms with Crippen LogP contribution in [0, 0.1) is 5.92 Å². The highest BCUT2D eigenvalue weighted by molar-refractivity contribution is 5.66. The number of alkyl halides is 2. The normalized spacial score (nSPS) is 26.5. The molecule has 0 spiro atoms. The molecule has 0 saturated heterocycles. The number of rotatable bonds is 4. The molecule has 1 fully saturated rings. The van der Waals surface area contributed by atoms with Crippen molar-refractivity contribution in [3.63, 3.8) is 0 Å². The second-order valence-electron chi connectivity index (χ2n) is 2.95. The van der Waals surface area contributed by atoms with E-state index in [1.807, 2.05) is 0 Å². The summed E-state index contributed by atoms with van der Waals surface area (Å²) in [7, 11) is 0. The molecule has 4 heteroatoms. The van der Waals surface area contributed by atoms with Gasteiger partial charge in [-0.15, -0.1) is 0 Å². The quantitative estimate of drug-likeness (QED) is 0.688. The summed E-state index contributed by atoms with van der Waals surface area (Å²) in [6, 6.07) is 0. The van der Waals surface area contributed by atoms with E-state index >= 15 is 0 Å². The van der Waals surface area contributed by atoms with Gasteiger partial charge in [0.15, 0.2) is 0 Å². The van der Waals surface area contributed by atoms with Gasteiger partial charge < -0.3 is 5.11 Å². The molecular weight excluding hydrogens is 154 g/mol. The van der Waals surface area contributed by atoms with E-state index in [4.69, 9.17) is 5.11 Å². The lowest BCUT2D eigenvalue weighted by molar-refractivity contribution is -0.137. The van der Waals surface area contributed by atoms with Crippen molar-refractivity contribution in [1.29, 1.82) is 0 Å². The van der Waals surface area contributed by atoms with E-state index in [0.29, 0.717) is 12.8 Å². The van der Waals surface area contributed by atoms with Gasteiger partial charge in [-0.3, -0.25) is 4.79 Å². The molecular formula is C7H10F2O2. The van der Waals surface area contributed by atoms with Gasteiger partial charge in [0.05, 0.1) is 0 Å². The van der Waals surface area contributed by atoms with Crippen molar-refractivity contribution in [3.8, 4) is 0 Å². The van der Waals surface area contributed by atoms with Gasteiger partial charge in [0.2, 0.25) is 0 Å². The number of carboxylic acid groups (broad SMARTS) is 1. The molecule has 0 amide bonds. The van der Waals surface area contributed by atoms with Crippen molar-refractivity contribution >= 4 is 5.97 Å². The van der Waals surface area contributed by atoms with E-state index in [1.54, 1.807) is 0 Å². The lowest BCUT2D eigenvalue weighted by Crippen LogP contribution is -1.97. The van der Waals surface area contributed by atoms with Crippen LogP contribution in [0.1, 0.15) is 25.7 Å². The number of carbonyl (C=O) groups is 1. The summed E-state index contributed by atoms with van der Waals surface area (Å²) in [6.07, 6.45) is 0.675. The molecule has 0 aromatic heterocycles. The van der Waals surface area contributed by atoms with Crippen LogP contribution in [0.4, 0.5) is 8.78 Å². The fraction of sp³-hybridized carbons (Fsp3) is 0.857. The molecule has 0 aromatic carbocycles. The molecule has 0 heterocycles. The van der Waals surface area contributed by atoms with E-state index in [1.165, 1.54) is 0 Å². The monoisotopic (exact) mass is 164 g/mol. The van der Waals surface area contributed by atoms with Crippen molar-refractivity contribution in [3.05, 3.63) is 0 Å². The molecule has 1 N–H and O–H groups in total. The van der Waals surface area contributed by atoms with Crippen LogP contribution in [0.5, 0.6) is 0 Å². The standard InChI is InChI=1S/C7H10F2O2/c8-7(9)4-5(7)2-1-3-6(10)11/h5H,1-4H2,(H,10,11). The van der Waals surface area contributed by atoms with Gasteiger partial charge in [0, 0.05) is 18.8 Å². The van der Waals surface area contributed by atoms with E-state index in [9.17, 15) is 13.6 Å². The highest BCUT2D eigenvalue weighted by Crippen LogP contribution is 2.51. The van der Waals surface area contributed by atoms with Crippen molar-refractivity contribution in [2.24, 2.45) is 5.92 Å². The molecule has 1 unspecified atom stereocenters. The molecule has 0 aliphatic heterocycles. The minimum Gasteiger partial charge on any atom is -0.481 e. The first-order valence-electron chi connectivity index (χ1n) is 3.62. The maximum atomic E-state index is 12.2. The zero-order chi connectivity index (χ0) is 8.48. The molecule has 1 rings (SSSR count). The molecule has 1 aliphatic carbocycles. The second-order valence-corrected chi connectivity index (χ2v) is 2.95. The third kappa shape index (κ3) is 2.44. The third-order valence-electron chi connectivity index (χ3n) is 1.90. The number of halogens is 2. The topological polar surface area (TPSA) is 37.3 Å². The summed E-state index contributed by atoms with van der Waals surface area (Å²) in [5, 5.41) is 8.19. The molecule has 2 nitrogen and oxygen atoms in total. The molecule has 64 valence electrons. The molecule has 0 bridgehead atoms. The van der Waals surface area contributed by atoms with Crippen molar-refractivity contribution in [2.75, 3.05) is 0 Å². The molecule has 1 aliphatic rings. The molecule has 11 heavy (non-hydrogen) atoms. The van der Waals surface area contributed by atoms with E-state index in [2.05, 4.69) is 0 Å². The van der Waals surface area contributed by atoms with Gasteiger partial charge in [-0.2, -0.15) is 0 Å². The first-order chi connectivity index (χ1) is 5.02. The van der Waals surface area contributed by atoms with Crippen molar-refractivity contribution in [1.82, 2.24) is 0 Å². The predicted octanol–water partition coefficient (Wildman–Crippen LogP) is 1.90. The Bertz CT molecular complexity index is 168. The third-order valence-corrected chi connectivity index (χ3v) is 1.90. The summed E-state index contributed by atoms with van der Waals surface area (Å²) in [6.45, 7) is 0. The van der Waals surface area contributed by atoms with Crippen LogP contribution in [0.3, 0.4) is 0 Å². The Morgan fingerprint density at radius 2 is 2.18 bits per heavy atom. The summed E-state index contributed by atoms with van der Waals surface area (Å²) in [5.74, 6) is -3.94. The zero-order valence-electron chi connectivity index (χ0n) is 6.02. The second kappa shape index (κ2) is 2.75. The Morgan fingerprint density at radius 1 is 1.64 bits per heavy atom. The Kier molecular flexibility index (Phi) is 2.11. The summed E-state index contributed by atoms with van der Waals surface area (Å²) < 4.78 is 24.3. The summed E-state index contributed by atoms with van der Waals surface area (Å²) in [4.78, 5) is 9.98. The van der Waals surface area contributed by atoms with Crippen LogP contribution in [0.15, 0.2) is 0 Å². The zero-order valence-corrected chi connectivity index (χ0v) is 6.02. The smallest absolute Gasteiger partial charge is 0.303 e. The number of hydrogen-bond donors (Lipinski definition) is 1. The Hall–Kier alpha value is -0.670. The highest BCUT2D eigenvalue weighted by atomic mass is 19.3. The van der Waals surface area contributed by atoms with Crippen LogP contribution in [0.25, 0.3) is 0 Å². The minimum absolute atomic E-state index is 0.00653. The van der Waals surface area contributed by atoms with Crippen LogP contribution >= 0.6 is 0 Å². The van der Waals surface area contributed by atoms with Gasteiger partial charge in [-0.05, 0) is 12.8 Å². The first-order valence-corrected chi connectivity index (χ1v) is 3.62. The SMILES string of the molecule is O=C(O)CCCC1CC1(F)F. The lowest BCUT2D eigenvalue weighted by atomic mass is 10.2. The van der Waals surface area contributed by atoms with Crippen LogP contribution < -0.4 is 0 Å². The lowest BCUT2D eigenvalue weighted by Gasteiger charge is -1.95. The number of aliphatic carboxylic acids is 1. The average molecular weight is 164 g/mol. The Labute approximate surface area is 63.2 Å². The fourth-order valence-corrected chi connectivity index (χ4v) is 1.08. The number of carboxylic acids is 1. The summed E-state index contributed by atoms with van der Waals surface area (Å²) >= 11 is 0. The Morgan fingerprint density at radius 3 is 2.55 bits per heavy atom. The molecule has 1 atom stereocenters. The van der Waals surface area contributed by atoms with E-state index in [0.717, 1.165) is 0 Å². The van der Waals surface area contributed by atoms with E-state index in [-0.39, 0.29) is 12.8 Å². The average Bonchev–Trinajstić information content (AvgIpc) is 2.39. The maximum Gasteiger partial charge on any atom is 0.303 e. The van der Waals surface area contributed by atoms with Gasteiger partial charge in [0.1, 0.15) is 0 Å². The fourth-order valence-electron chi connectivity index (χ4n) is 1.08. The van der Waals surface area contributed by atoms with Gasteiger partial charge in [-0.25, -0.2) is 8.78 Å². The Balaban J connectivity index is 2.02. The van der Waals surface area contributed by atoms with Gasteiger partial charge in [-0.1, -0.05) is 0 Å². The van der Waals surface area contributed by atoms with Crippen LogP contribution in [-0.2, 0) is 4.79 Å². The van der Waals surface area contributed by atoms with Gasteiger partial charge in [0.25, 0.3) is 5.92 Å². The van der Waals surface area contributed by atoms with Crippen molar-refractivity contribution < 1.29 is 18.7 Å². The number of hydrogen-bond acceptors (Lipinski definition) is 1. The van der Waals surface area contributed by atoms with E-state index < -0.39 is 17.8 Å². The van der Waals surface area contributed by atoms with Crippen LogP contribution in [-0.4, -0.2) is 17.0 Å². The first kappa shape index (κ1) is 8.43. The molecule has 0 radical (unpaired) electrons. The summed E-state index contributed by atoms with van der Waals surface area (Å²) in [5.41, 5.74) is 0. The highest BCUT2D eigenvalue weighted by Gasteiger charge is 2.55. The van der Waals surface area contributed by atoms with Crippen molar-refractivity contribution in [2.45, 2.75) is 31.6 Å². The maximum absolute atomic E-state index is 12.2. The van der Waals surface area contributed by atoms with Gasteiger partial charge >= 0.3 is 5.97 Å². The predicted molar refractivity (Wildman–Crippen MR) is 34.5 cm³/mol. The minimum atomic E-state index is -2.49. The van der Waals surface area contributed by atoms with Crippen LogP contribution in [0.2, 0.25) is 0 Å².